The van der Waals surface area contributed by atoms with E-state index in [4.69, 9.17) is 11.6 Å². The van der Waals surface area contributed by atoms with Crippen LogP contribution in [0.15, 0.2) is 106 Å². The van der Waals surface area contributed by atoms with Gasteiger partial charge in [-0.15, -0.1) is 0 Å². The van der Waals surface area contributed by atoms with E-state index in [1.54, 1.807) is 37.3 Å². The lowest BCUT2D eigenvalue weighted by Crippen LogP contribution is -2.54. The summed E-state index contributed by atoms with van der Waals surface area (Å²) in [6, 6.07) is 27.8. The number of carbonyl (C=O) groups is 2. The van der Waals surface area contributed by atoms with E-state index in [9.17, 15) is 18.0 Å². The molecule has 0 aliphatic heterocycles. The van der Waals surface area contributed by atoms with Crippen LogP contribution in [0.4, 0.5) is 5.69 Å². The number of hydrogen-bond donors (Lipinski definition) is 1. The number of hydrogen-bond acceptors (Lipinski definition) is 4. The number of anilines is 1. The maximum atomic E-state index is 14.7. The summed E-state index contributed by atoms with van der Waals surface area (Å²) in [4.78, 5) is 30.4. The van der Waals surface area contributed by atoms with Crippen molar-refractivity contribution in [2.75, 3.05) is 10.8 Å². The van der Waals surface area contributed by atoms with E-state index in [1.807, 2.05) is 61.5 Å². The highest BCUT2D eigenvalue weighted by molar-refractivity contribution is 9.10. The summed E-state index contributed by atoms with van der Waals surface area (Å²) in [5.41, 5.74) is 3.52. The quantitative estimate of drug-likeness (QED) is 0.162. The van der Waals surface area contributed by atoms with Crippen molar-refractivity contribution in [2.45, 2.75) is 69.5 Å². The summed E-state index contributed by atoms with van der Waals surface area (Å²) >= 11 is 9.92. The molecule has 1 saturated carbocycles. The molecular weight excluding hydrogens is 698 g/mol. The molecule has 10 heteroatoms. The van der Waals surface area contributed by atoms with Gasteiger partial charge in [-0.05, 0) is 79.8 Å². The number of nitrogens with zero attached hydrogens (tertiary/aromatic N) is 2. The first-order chi connectivity index (χ1) is 22.5. The van der Waals surface area contributed by atoms with Gasteiger partial charge in [0.15, 0.2) is 0 Å². The summed E-state index contributed by atoms with van der Waals surface area (Å²) < 4.78 is 30.6. The second-order valence-electron chi connectivity index (χ2n) is 12.1. The van der Waals surface area contributed by atoms with Crippen LogP contribution >= 0.6 is 27.5 Å². The molecule has 7 nitrogen and oxygen atoms in total. The van der Waals surface area contributed by atoms with Crippen molar-refractivity contribution in [3.63, 3.8) is 0 Å². The molecule has 0 saturated heterocycles. The third kappa shape index (κ3) is 8.83. The van der Waals surface area contributed by atoms with Crippen molar-refractivity contribution < 1.29 is 18.0 Å². The molecule has 246 valence electrons. The molecule has 0 bridgehead atoms. The monoisotopic (exact) mass is 735 g/mol. The predicted molar refractivity (Wildman–Crippen MR) is 191 cm³/mol. The molecule has 0 heterocycles. The molecule has 1 aliphatic rings. The minimum atomic E-state index is -4.22. The van der Waals surface area contributed by atoms with Gasteiger partial charge in [0.2, 0.25) is 11.8 Å². The smallest absolute Gasteiger partial charge is 0.264 e. The number of nitrogens with one attached hydrogen (secondary N) is 1. The first-order valence-corrected chi connectivity index (χ1v) is 18.4. The predicted octanol–water partition coefficient (Wildman–Crippen LogP) is 7.61. The average molecular weight is 737 g/mol. The standard InChI is InChI=1S/C37H39BrClN3O4S/c1-26-15-19-33(20-16-26)47(45,46)42(34-23-31(39)18-17-27(34)2)25-36(43)41(24-29-11-8-12-30(38)21-29)35(22-28-9-4-3-5-10-28)37(44)40-32-13-6-7-14-32/h3-5,8-12,15-21,23,32,35H,6-7,13-14,22,24-25H2,1-2H3,(H,40,44)/t35-/m0/s1. The lowest BCUT2D eigenvalue weighted by atomic mass is 10.0. The Kier molecular flexibility index (Phi) is 11.4. The second-order valence-corrected chi connectivity index (χ2v) is 15.3. The zero-order chi connectivity index (χ0) is 33.6. The third-order valence-electron chi connectivity index (χ3n) is 8.54. The van der Waals surface area contributed by atoms with Gasteiger partial charge in [-0.3, -0.25) is 13.9 Å². The maximum Gasteiger partial charge on any atom is 0.264 e. The summed E-state index contributed by atoms with van der Waals surface area (Å²) in [5, 5.41) is 3.54. The normalized spacial score (nSPS) is 14.0. The van der Waals surface area contributed by atoms with E-state index in [1.165, 1.54) is 17.0 Å². The van der Waals surface area contributed by atoms with E-state index in [0.29, 0.717) is 16.3 Å². The van der Waals surface area contributed by atoms with E-state index < -0.39 is 28.5 Å². The summed E-state index contributed by atoms with van der Waals surface area (Å²) in [5.74, 6) is -0.765. The first-order valence-electron chi connectivity index (χ1n) is 15.7. The molecular formula is C37H39BrClN3O4S. The van der Waals surface area contributed by atoms with E-state index in [0.717, 1.165) is 51.2 Å². The third-order valence-corrected chi connectivity index (χ3v) is 11.0. The number of sulfonamides is 1. The van der Waals surface area contributed by atoms with Crippen molar-refractivity contribution >= 4 is 55.1 Å². The van der Waals surface area contributed by atoms with Crippen LogP contribution < -0.4 is 9.62 Å². The summed E-state index contributed by atoms with van der Waals surface area (Å²) in [6.45, 7) is 3.22. The van der Waals surface area contributed by atoms with E-state index in [2.05, 4.69) is 21.2 Å². The van der Waals surface area contributed by atoms with Crippen LogP contribution in [0.1, 0.15) is 47.9 Å². The van der Waals surface area contributed by atoms with Gasteiger partial charge >= 0.3 is 0 Å². The molecule has 5 rings (SSSR count). The molecule has 4 aromatic rings. The number of benzene rings is 4. The van der Waals surface area contributed by atoms with Crippen LogP contribution in [0.25, 0.3) is 0 Å². The maximum absolute atomic E-state index is 14.7. The van der Waals surface area contributed by atoms with Gasteiger partial charge in [-0.25, -0.2) is 8.42 Å². The van der Waals surface area contributed by atoms with E-state index in [-0.39, 0.29) is 29.8 Å². The van der Waals surface area contributed by atoms with Crippen molar-refractivity contribution in [3.05, 3.63) is 129 Å². The highest BCUT2D eigenvalue weighted by Crippen LogP contribution is 2.30. The molecule has 0 unspecified atom stereocenters. The minimum absolute atomic E-state index is 0.0381. The first kappa shape index (κ1) is 34.7. The average Bonchev–Trinajstić information content (AvgIpc) is 3.56. The largest absolute Gasteiger partial charge is 0.352 e. The van der Waals surface area contributed by atoms with Crippen molar-refractivity contribution in [1.82, 2.24) is 10.2 Å². The minimum Gasteiger partial charge on any atom is -0.352 e. The highest BCUT2D eigenvalue weighted by Gasteiger charge is 2.36. The highest BCUT2D eigenvalue weighted by atomic mass is 79.9. The number of halogens is 2. The molecule has 1 N–H and O–H groups in total. The Labute approximate surface area is 291 Å². The second kappa shape index (κ2) is 15.5. The van der Waals surface area contributed by atoms with Crippen LogP contribution in [0, 0.1) is 13.8 Å². The molecule has 47 heavy (non-hydrogen) atoms. The summed E-state index contributed by atoms with van der Waals surface area (Å²) in [6.07, 6.45) is 4.12. The Balaban J connectivity index is 1.59. The van der Waals surface area contributed by atoms with Crippen molar-refractivity contribution in [3.8, 4) is 0 Å². The van der Waals surface area contributed by atoms with E-state index >= 15 is 0 Å². The van der Waals surface area contributed by atoms with Gasteiger partial charge < -0.3 is 10.2 Å². The molecule has 2 amide bonds. The zero-order valence-corrected chi connectivity index (χ0v) is 29.7. The van der Waals surface area contributed by atoms with Crippen LogP contribution in [-0.2, 0) is 32.6 Å². The van der Waals surface area contributed by atoms with Crippen LogP contribution in [0.3, 0.4) is 0 Å². The topological polar surface area (TPSA) is 86.8 Å². The molecule has 0 spiro atoms. The molecule has 0 radical (unpaired) electrons. The molecule has 1 fully saturated rings. The Bertz CT molecular complexity index is 1810. The Morgan fingerprint density at radius 1 is 0.894 bits per heavy atom. The SMILES string of the molecule is Cc1ccc(S(=O)(=O)N(CC(=O)N(Cc2cccc(Br)c2)[C@@H](Cc2ccccc2)C(=O)NC2CCCC2)c2cc(Cl)ccc2C)cc1. The number of aryl methyl sites for hydroxylation is 2. The van der Waals surface area contributed by atoms with Gasteiger partial charge in [0.05, 0.1) is 10.6 Å². The molecule has 4 aromatic carbocycles. The zero-order valence-electron chi connectivity index (χ0n) is 26.5. The Morgan fingerprint density at radius 3 is 2.26 bits per heavy atom. The van der Waals surface area contributed by atoms with Gasteiger partial charge in [-0.2, -0.15) is 0 Å². The van der Waals surface area contributed by atoms with Gasteiger partial charge in [-0.1, -0.05) is 107 Å². The number of amides is 2. The van der Waals surface area contributed by atoms with Gasteiger partial charge in [0.1, 0.15) is 12.6 Å². The lowest BCUT2D eigenvalue weighted by Gasteiger charge is -2.34. The number of rotatable bonds is 12. The van der Waals surface area contributed by atoms with Gasteiger partial charge in [0, 0.05) is 28.5 Å². The molecule has 1 aliphatic carbocycles. The Morgan fingerprint density at radius 2 is 1.57 bits per heavy atom. The van der Waals surface area contributed by atoms with Crippen LogP contribution in [0.2, 0.25) is 5.02 Å². The van der Waals surface area contributed by atoms with Gasteiger partial charge in [0.25, 0.3) is 10.0 Å². The van der Waals surface area contributed by atoms with Crippen LogP contribution in [0.5, 0.6) is 0 Å². The molecule has 0 aromatic heterocycles. The van der Waals surface area contributed by atoms with Crippen molar-refractivity contribution in [2.24, 2.45) is 0 Å². The fraction of sp³-hybridized carbons (Fsp3) is 0.297. The fourth-order valence-corrected chi connectivity index (χ4v) is 8.04. The lowest BCUT2D eigenvalue weighted by molar-refractivity contribution is -0.140. The van der Waals surface area contributed by atoms with Crippen molar-refractivity contribution in [1.29, 1.82) is 0 Å². The fourth-order valence-electron chi connectivity index (χ4n) is 5.96. The van der Waals surface area contributed by atoms with Crippen LogP contribution in [-0.4, -0.2) is 43.8 Å². The summed E-state index contributed by atoms with van der Waals surface area (Å²) in [7, 11) is -4.22. The number of carbonyl (C=O) groups excluding carboxylic acids is 2. The molecule has 1 atom stereocenters. The Hall–Kier alpha value is -3.66.